The number of halogens is 1. The minimum Gasteiger partial charge on any atom is -0.508 e. The van der Waals surface area contributed by atoms with Crippen LogP contribution in [-0.2, 0) is 13.0 Å². The number of rotatable bonds is 2. The van der Waals surface area contributed by atoms with Gasteiger partial charge in [-0.1, -0.05) is 0 Å². The number of aromatic nitrogens is 2. The fraction of sp³-hybridized carbons (Fsp3) is 0.421. The van der Waals surface area contributed by atoms with E-state index in [1.165, 1.54) is 18.3 Å². The number of aromatic hydroxyl groups is 1. The number of phenolic OH excluding ortho intramolecular Hbond substituents is 1. The molecule has 7 nitrogen and oxygen atoms in total. The number of carbonyl (C=O) groups is 1. The van der Waals surface area contributed by atoms with Crippen LogP contribution in [0.4, 0.5) is 10.2 Å². The molecule has 2 aromatic rings. The van der Waals surface area contributed by atoms with Gasteiger partial charge in [-0.2, -0.15) is 0 Å². The van der Waals surface area contributed by atoms with Crippen LogP contribution in [0.25, 0.3) is 0 Å². The highest BCUT2D eigenvalue weighted by molar-refractivity contribution is 5.92. The SMILES string of the molecule is CN1CCN(C(=O)c2cncc(N3CCc4c(O)ccc(F)c4C3)n2)CC1. The highest BCUT2D eigenvalue weighted by atomic mass is 19.1. The lowest BCUT2D eigenvalue weighted by Crippen LogP contribution is -2.47. The molecular weight excluding hydrogens is 349 g/mol. The smallest absolute Gasteiger partial charge is 0.274 e. The predicted molar refractivity (Wildman–Crippen MR) is 98.3 cm³/mol. The number of hydrogen-bond donors (Lipinski definition) is 1. The van der Waals surface area contributed by atoms with Gasteiger partial charge in [0, 0.05) is 50.4 Å². The summed E-state index contributed by atoms with van der Waals surface area (Å²) < 4.78 is 14.2. The molecule has 8 heteroatoms. The third kappa shape index (κ3) is 3.44. The Labute approximate surface area is 157 Å². The first-order valence-electron chi connectivity index (χ1n) is 9.07. The molecule has 4 rings (SSSR count). The van der Waals surface area contributed by atoms with Gasteiger partial charge in [-0.15, -0.1) is 0 Å². The van der Waals surface area contributed by atoms with Crippen LogP contribution in [0.5, 0.6) is 5.75 Å². The number of hydrogen-bond acceptors (Lipinski definition) is 6. The second kappa shape index (κ2) is 7.11. The zero-order valence-corrected chi connectivity index (χ0v) is 15.2. The van der Waals surface area contributed by atoms with Crippen molar-refractivity contribution in [1.82, 2.24) is 19.8 Å². The van der Waals surface area contributed by atoms with Crippen molar-refractivity contribution in [3.05, 3.63) is 47.2 Å². The van der Waals surface area contributed by atoms with E-state index in [2.05, 4.69) is 14.9 Å². The minimum atomic E-state index is -0.342. The number of phenols is 1. The second-order valence-electron chi connectivity index (χ2n) is 7.05. The van der Waals surface area contributed by atoms with Gasteiger partial charge < -0.3 is 19.8 Å². The van der Waals surface area contributed by atoms with Gasteiger partial charge in [-0.3, -0.25) is 9.78 Å². The zero-order valence-electron chi connectivity index (χ0n) is 15.2. The fourth-order valence-electron chi connectivity index (χ4n) is 3.60. The third-order valence-corrected chi connectivity index (χ3v) is 5.29. The molecule has 2 aliphatic rings. The number of fused-ring (bicyclic) bond motifs is 1. The van der Waals surface area contributed by atoms with Crippen molar-refractivity contribution in [3.63, 3.8) is 0 Å². The van der Waals surface area contributed by atoms with Gasteiger partial charge in [0.25, 0.3) is 5.91 Å². The number of piperazine rings is 1. The topological polar surface area (TPSA) is 72.8 Å². The molecule has 0 bridgehead atoms. The van der Waals surface area contributed by atoms with Crippen molar-refractivity contribution in [2.75, 3.05) is 44.7 Å². The van der Waals surface area contributed by atoms with Crippen LogP contribution < -0.4 is 4.90 Å². The maximum atomic E-state index is 14.2. The average molecular weight is 371 g/mol. The molecule has 0 radical (unpaired) electrons. The van der Waals surface area contributed by atoms with Gasteiger partial charge in [-0.05, 0) is 25.6 Å². The van der Waals surface area contributed by atoms with E-state index in [0.717, 1.165) is 13.1 Å². The van der Waals surface area contributed by atoms with Crippen LogP contribution in [0, 0.1) is 5.82 Å². The van der Waals surface area contributed by atoms with E-state index in [-0.39, 0.29) is 24.0 Å². The van der Waals surface area contributed by atoms with Crippen molar-refractivity contribution in [1.29, 1.82) is 0 Å². The number of nitrogens with zero attached hydrogens (tertiary/aromatic N) is 5. The molecule has 1 fully saturated rings. The molecule has 0 atom stereocenters. The predicted octanol–water partition coefficient (Wildman–Crippen LogP) is 1.27. The van der Waals surface area contributed by atoms with E-state index in [9.17, 15) is 14.3 Å². The van der Waals surface area contributed by atoms with Crippen LogP contribution in [0.2, 0.25) is 0 Å². The number of amides is 1. The number of anilines is 1. The summed E-state index contributed by atoms with van der Waals surface area (Å²) in [6, 6.07) is 2.66. The lowest BCUT2D eigenvalue weighted by molar-refractivity contribution is 0.0658. The van der Waals surface area contributed by atoms with Gasteiger partial charge >= 0.3 is 0 Å². The van der Waals surface area contributed by atoms with E-state index in [4.69, 9.17) is 0 Å². The lowest BCUT2D eigenvalue weighted by Gasteiger charge is -2.32. The Morgan fingerprint density at radius 3 is 2.67 bits per heavy atom. The molecule has 0 saturated carbocycles. The highest BCUT2D eigenvalue weighted by Gasteiger charge is 2.25. The molecular formula is C19H22FN5O2. The van der Waals surface area contributed by atoms with Crippen molar-refractivity contribution in [2.24, 2.45) is 0 Å². The molecule has 0 aliphatic carbocycles. The first-order valence-corrected chi connectivity index (χ1v) is 9.07. The molecule has 3 heterocycles. The molecule has 1 N–H and O–H groups in total. The largest absolute Gasteiger partial charge is 0.508 e. The van der Waals surface area contributed by atoms with Crippen molar-refractivity contribution >= 4 is 11.7 Å². The number of benzene rings is 1. The van der Waals surface area contributed by atoms with Crippen molar-refractivity contribution in [3.8, 4) is 5.75 Å². The lowest BCUT2D eigenvalue weighted by atomic mass is 9.98. The Kier molecular flexibility index (Phi) is 4.65. The maximum absolute atomic E-state index is 14.2. The first kappa shape index (κ1) is 17.7. The van der Waals surface area contributed by atoms with Crippen molar-refractivity contribution in [2.45, 2.75) is 13.0 Å². The molecule has 0 unspecified atom stereocenters. The molecule has 1 aromatic carbocycles. The van der Waals surface area contributed by atoms with Gasteiger partial charge in [0.05, 0.1) is 12.4 Å². The number of likely N-dealkylation sites (N-methyl/N-ethyl adjacent to an activating group) is 1. The summed E-state index contributed by atoms with van der Waals surface area (Å²) in [5, 5.41) is 9.95. The quantitative estimate of drug-likeness (QED) is 0.857. The van der Waals surface area contributed by atoms with E-state index in [0.29, 0.717) is 48.7 Å². The summed E-state index contributed by atoms with van der Waals surface area (Å²) in [5.41, 5.74) is 1.42. The van der Waals surface area contributed by atoms with Gasteiger partial charge in [0.15, 0.2) is 0 Å². The van der Waals surface area contributed by atoms with E-state index in [1.54, 1.807) is 11.1 Å². The summed E-state index contributed by atoms with van der Waals surface area (Å²) in [4.78, 5) is 27.3. The Hall–Kier alpha value is -2.74. The molecule has 1 amide bonds. The Balaban J connectivity index is 1.54. The van der Waals surface area contributed by atoms with E-state index in [1.807, 2.05) is 11.9 Å². The molecule has 1 saturated heterocycles. The summed E-state index contributed by atoms with van der Waals surface area (Å²) >= 11 is 0. The summed E-state index contributed by atoms with van der Waals surface area (Å²) in [5.74, 6) is 0.198. The molecule has 0 spiro atoms. The van der Waals surface area contributed by atoms with E-state index < -0.39 is 0 Å². The normalized spacial score (nSPS) is 17.7. The monoisotopic (exact) mass is 371 g/mol. The average Bonchev–Trinajstić information content (AvgIpc) is 2.71. The van der Waals surface area contributed by atoms with Gasteiger partial charge in [-0.25, -0.2) is 9.37 Å². The number of carbonyl (C=O) groups excluding carboxylic acids is 1. The maximum Gasteiger partial charge on any atom is 0.274 e. The molecule has 2 aliphatic heterocycles. The standard InChI is InChI=1S/C19H22FN5O2/c1-23-6-8-24(9-7-23)19(27)16-10-21-11-18(22-16)25-5-4-13-14(12-25)15(20)2-3-17(13)26/h2-3,10-11,26H,4-9,12H2,1H3. The van der Waals surface area contributed by atoms with Crippen LogP contribution in [-0.4, -0.2) is 70.6 Å². The molecule has 142 valence electrons. The summed E-state index contributed by atoms with van der Waals surface area (Å²) in [6.07, 6.45) is 3.58. The van der Waals surface area contributed by atoms with Crippen LogP contribution >= 0.6 is 0 Å². The fourth-order valence-corrected chi connectivity index (χ4v) is 3.60. The van der Waals surface area contributed by atoms with Gasteiger partial charge in [0.2, 0.25) is 0 Å². The Morgan fingerprint density at radius 2 is 1.89 bits per heavy atom. The molecule has 1 aromatic heterocycles. The Morgan fingerprint density at radius 1 is 1.11 bits per heavy atom. The highest BCUT2D eigenvalue weighted by Crippen LogP contribution is 2.30. The first-order chi connectivity index (χ1) is 13.0. The van der Waals surface area contributed by atoms with Crippen molar-refractivity contribution < 1.29 is 14.3 Å². The van der Waals surface area contributed by atoms with Crippen LogP contribution in [0.15, 0.2) is 24.5 Å². The second-order valence-corrected chi connectivity index (χ2v) is 7.05. The Bertz CT molecular complexity index is 867. The molecule has 27 heavy (non-hydrogen) atoms. The summed E-state index contributed by atoms with van der Waals surface area (Å²) in [6.45, 7) is 3.88. The minimum absolute atomic E-state index is 0.121. The van der Waals surface area contributed by atoms with E-state index >= 15 is 0 Å². The summed E-state index contributed by atoms with van der Waals surface area (Å²) in [7, 11) is 2.04. The van der Waals surface area contributed by atoms with Crippen LogP contribution in [0.3, 0.4) is 0 Å². The van der Waals surface area contributed by atoms with Crippen LogP contribution in [0.1, 0.15) is 21.6 Å². The third-order valence-electron chi connectivity index (χ3n) is 5.29. The zero-order chi connectivity index (χ0) is 19.0. The van der Waals surface area contributed by atoms with Gasteiger partial charge in [0.1, 0.15) is 23.1 Å².